The highest BCUT2D eigenvalue weighted by molar-refractivity contribution is 6.42. The standard InChI is InChI=1S/C6H8O4.C4H3ClO4/c7-5(8)3-1-2-4(3)6(9)10;5-2(4(8)9)1-3(6)7/h3-4H,1-2H2,(H,7,8)(H,9,10);1H,(H,6,7)(H,8,9)/b;2-1+. The van der Waals surface area contributed by atoms with Crippen LogP contribution < -0.4 is 0 Å². The van der Waals surface area contributed by atoms with E-state index in [1.165, 1.54) is 0 Å². The van der Waals surface area contributed by atoms with Gasteiger partial charge in [0.05, 0.1) is 11.8 Å². The number of halogens is 1. The van der Waals surface area contributed by atoms with Gasteiger partial charge in [-0.1, -0.05) is 11.6 Å². The van der Waals surface area contributed by atoms with Crippen LogP contribution in [0.15, 0.2) is 11.1 Å². The average Bonchev–Trinajstić information content (AvgIpc) is 2.12. The fourth-order valence-corrected chi connectivity index (χ4v) is 1.35. The minimum Gasteiger partial charge on any atom is -0.481 e. The Balaban J connectivity index is 0.000000344. The van der Waals surface area contributed by atoms with Crippen LogP contribution in [0.25, 0.3) is 0 Å². The Kier molecular flexibility index (Phi) is 6.56. The highest BCUT2D eigenvalue weighted by Crippen LogP contribution is 2.34. The lowest BCUT2D eigenvalue weighted by atomic mass is 9.74. The smallest absolute Gasteiger partial charge is 0.347 e. The van der Waals surface area contributed by atoms with Gasteiger partial charge >= 0.3 is 23.9 Å². The third-order valence-corrected chi connectivity index (χ3v) is 2.63. The van der Waals surface area contributed by atoms with Gasteiger partial charge in [-0.2, -0.15) is 0 Å². The van der Waals surface area contributed by atoms with Gasteiger partial charge in [0.25, 0.3) is 0 Å². The summed E-state index contributed by atoms with van der Waals surface area (Å²) in [6, 6.07) is 0. The molecule has 0 bridgehead atoms. The molecule has 0 spiro atoms. The number of hydrogen-bond acceptors (Lipinski definition) is 4. The molecule has 2 atom stereocenters. The summed E-state index contributed by atoms with van der Waals surface area (Å²) in [6.45, 7) is 0. The second-order valence-electron chi connectivity index (χ2n) is 3.60. The van der Waals surface area contributed by atoms with Crippen LogP contribution in [0.1, 0.15) is 12.8 Å². The first kappa shape index (κ1) is 16.9. The van der Waals surface area contributed by atoms with Crippen LogP contribution in [0.5, 0.6) is 0 Å². The Morgan fingerprint density at radius 1 is 0.895 bits per heavy atom. The van der Waals surface area contributed by atoms with Crippen molar-refractivity contribution < 1.29 is 39.6 Å². The molecule has 0 aliphatic heterocycles. The molecule has 19 heavy (non-hydrogen) atoms. The average molecular weight is 295 g/mol. The van der Waals surface area contributed by atoms with E-state index in [4.69, 9.17) is 32.0 Å². The van der Waals surface area contributed by atoms with Crippen molar-refractivity contribution in [1.82, 2.24) is 0 Å². The summed E-state index contributed by atoms with van der Waals surface area (Å²) >= 11 is 4.89. The SMILES string of the molecule is O=C(O)/C=C(/Cl)C(=O)O.O=C(O)C1CCC1C(=O)O. The van der Waals surface area contributed by atoms with Crippen LogP contribution in [0, 0.1) is 11.8 Å². The van der Waals surface area contributed by atoms with Gasteiger partial charge in [-0.25, -0.2) is 9.59 Å². The van der Waals surface area contributed by atoms with Crippen LogP contribution in [0.3, 0.4) is 0 Å². The summed E-state index contributed by atoms with van der Waals surface area (Å²) in [5.74, 6) is -6.08. The van der Waals surface area contributed by atoms with Gasteiger partial charge in [0.2, 0.25) is 0 Å². The van der Waals surface area contributed by atoms with Crippen molar-refractivity contribution in [1.29, 1.82) is 0 Å². The van der Waals surface area contributed by atoms with E-state index in [0.717, 1.165) is 0 Å². The maximum absolute atomic E-state index is 10.2. The summed E-state index contributed by atoms with van der Waals surface area (Å²) in [7, 11) is 0. The molecule has 0 aromatic heterocycles. The van der Waals surface area contributed by atoms with Crippen molar-refractivity contribution in [3.05, 3.63) is 11.1 Å². The zero-order valence-corrected chi connectivity index (χ0v) is 10.2. The van der Waals surface area contributed by atoms with Crippen molar-refractivity contribution in [3.63, 3.8) is 0 Å². The highest BCUT2D eigenvalue weighted by atomic mass is 35.5. The molecule has 1 aliphatic carbocycles. The zero-order valence-electron chi connectivity index (χ0n) is 9.45. The molecule has 0 amide bonds. The molecule has 0 radical (unpaired) electrons. The predicted octanol–water partition coefficient (Wildman–Crippen LogP) is 0.460. The second-order valence-corrected chi connectivity index (χ2v) is 4.01. The summed E-state index contributed by atoms with van der Waals surface area (Å²) in [6.07, 6.45) is 1.42. The van der Waals surface area contributed by atoms with E-state index in [1.54, 1.807) is 0 Å². The lowest BCUT2D eigenvalue weighted by Gasteiger charge is -2.29. The number of hydrogen-bond donors (Lipinski definition) is 4. The van der Waals surface area contributed by atoms with Gasteiger partial charge in [0, 0.05) is 6.08 Å². The quantitative estimate of drug-likeness (QED) is 0.546. The molecule has 2 unspecified atom stereocenters. The molecule has 0 aromatic carbocycles. The van der Waals surface area contributed by atoms with E-state index >= 15 is 0 Å². The molecule has 0 saturated heterocycles. The Morgan fingerprint density at radius 2 is 1.26 bits per heavy atom. The molecule has 1 rings (SSSR count). The lowest BCUT2D eigenvalue weighted by molar-refractivity contribution is -0.160. The first-order valence-electron chi connectivity index (χ1n) is 4.95. The molecule has 1 fully saturated rings. The number of carbonyl (C=O) groups is 4. The minimum absolute atomic E-state index is 0.407. The topological polar surface area (TPSA) is 149 Å². The minimum atomic E-state index is -1.45. The Morgan fingerprint density at radius 3 is 1.37 bits per heavy atom. The summed E-state index contributed by atoms with van der Waals surface area (Å²) in [4.78, 5) is 39.9. The van der Waals surface area contributed by atoms with E-state index in [0.29, 0.717) is 18.9 Å². The number of aliphatic carboxylic acids is 4. The Labute approximate surface area is 111 Å². The molecule has 9 heteroatoms. The fourth-order valence-electron chi connectivity index (χ4n) is 1.26. The largest absolute Gasteiger partial charge is 0.481 e. The summed E-state index contributed by atoms with van der Waals surface area (Å²) < 4.78 is 0. The second kappa shape index (κ2) is 7.37. The summed E-state index contributed by atoms with van der Waals surface area (Å²) in [5, 5.41) is 31.9. The van der Waals surface area contributed by atoms with Crippen LogP contribution in [-0.4, -0.2) is 44.3 Å². The van der Waals surface area contributed by atoms with Crippen LogP contribution in [-0.2, 0) is 19.2 Å². The molecular weight excluding hydrogens is 284 g/mol. The molecule has 1 saturated carbocycles. The lowest BCUT2D eigenvalue weighted by Crippen LogP contribution is -2.37. The van der Waals surface area contributed by atoms with Gasteiger partial charge < -0.3 is 20.4 Å². The van der Waals surface area contributed by atoms with Crippen molar-refractivity contribution in [3.8, 4) is 0 Å². The first-order chi connectivity index (χ1) is 8.66. The van der Waals surface area contributed by atoms with Gasteiger partial charge in [-0.3, -0.25) is 9.59 Å². The maximum Gasteiger partial charge on any atom is 0.347 e. The van der Waals surface area contributed by atoms with Crippen molar-refractivity contribution in [2.45, 2.75) is 12.8 Å². The number of carboxylic acid groups (broad SMARTS) is 4. The van der Waals surface area contributed by atoms with Crippen LogP contribution >= 0.6 is 11.6 Å². The molecule has 8 nitrogen and oxygen atoms in total. The summed E-state index contributed by atoms with van der Waals surface area (Å²) in [5.41, 5.74) is 0. The molecule has 0 aromatic rings. The van der Waals surface area contributed by atoms with Crippen molar-refractivity contribution in [2.75, 3.05) is 0 Å². The molecule has 4 N–H and O–H groups in total. The van der Waals surface area contributed by atoms with Crippen molar-refractivity contribution in [2.24, 2.45) is 11.8 Å². The number of rotatable bonds is 4. The normalized spacial score (nSPS) is 21.4. The first-order valence-corrected chi connectivity index (χ1v) is 5.33. The maximum atomic E-state index is 10.2. The monoisotopic (exact) mass is 294 g/mol. The van der Waals surface area contributed by atoms with E-state index in [-0.39, 0.29) is 0 Å². The van der Waals surface area contributed by atoms with Gasteiger partial charge in [-0.15, -0.1) is 0 Å². The molecular formula is C10H11ClO8. The van der Waals surface area contributed by atoms with Gasteiger partial charge in [0.15, 0.2) is 0 Å². The molecule has 0 heterocycles. The highest BCUT2D eigenvalue weighted by Gasteiger charge is 2.41. The zero-order chi connectivity index (χ0) is 15.2. The molecule has 106 valence electrons. The van der Waals surface area contributed by atoms with E-state index in [9.17, 15) is 19.2 Å². The molecule has 1 aliphatic rings. The van der Waals surface area contributed by atoms with E-state index < -0.39 is 40.7 Å². The Bertz CT molecular complexity index is 407. The predicted molar refractivity (Wildman–Crippen MR) is 60.7 cm³/mol. The van der Waals surface area contributed by atoms with Crippen molar-refractivity contribution >= 4 is 35.5 Å². The van der Waals surface area contributed by atoms with Crippen LogP contribution in [0.2, 0.25) is 0 Å². The van der Waals surface area contributed by atoms with Gasteiger partial charge in [-0.05, 0) is 12.8 Å². The number of carboxylic acids is 4. The third-order valence-electron chi connectivity index (χ3n) is 2.36. The van der Waals surface area contributed by atoms with E-state index in [2.05, 4.69) is 0 Å². The van der Waals surface area contributed by atoms with E-state index in [1.807, 2.05) is 0 Å². The third kappa shape index (κ3) is 5.87. The van der Waals surface area contributed by atoms with Crippen LogP contribution in [0.4, 0.5) is 0 Å². The Hall–Kier alpha value is -2.09. The fraction of sp³-hybridized carbons (Fsp3) is 0.400. The van der Waals surface area contributed by atoms with Gasteiger partial charge in [0.1, 0.15) is 5.03 Å².